The van der Waals surface area contributed by atoms with Crippen molar-refractivity contribution in [2.75, 3.05) is 24.8 Å². The number of aryl methyl sites for hydroxylation is 1. The maximum Gasteiger partial charge on any atom is 0.195 e. The van der Waals surface area contributed by atoms with E-state index in [2.05, 4.69) is 51.3 Å². The zero-order valence-electron chi connectivity index (χ0n) is 14.5. The second-order valence-corrected chi connectivity index (χ2v) is 6.64. The Morgan fingerprint density at radius 2 is 1.80 bits per heavy atom. The summed E-state index contributed by atoms with van der Waals surface area (Å²) in [7, 11) is 1.71. The maximum atomic E-state index is 5.14. The van der Waals surface area contributed by atoms with Crippen LogP contribution in [-0.4, -0.2) is 34.2 Å². The molecule has 0 aliphatic heterocycles. The molecule has 0 unspecified atom stereocenters. The van der Waals surface area contributed by atoms with Crippen LogP contribution in [0.2, 0.25) is 0 Å². The van der Waals surface area contributed by atoms with Gasteiger partial charge < -0.3 is 10.1 Å². The van der Waals surface area contributed by atoms with Crippen LogP contribution in [-0.2, 0) is 11.3 Å². The smallest absolute Gasteiger partial charge is 0.195 e. The van der Waals surface area contributed by atoms with E-state index in [9.17, 15) is 0 Å². The number of benzene rings is 2. The first-order chi connectivity index (χ1) is 12.3. The van der Waals surface area contributed by atoms with Crippen LogP contribution in [0.1, 0.15) is 11.4 Å². The van der Waals surface area contributed by atoms with Gasteiger partial charge in [-0.3, -0.25) is 4.57 Å². The number of aromatic nitrogens is 3. The van der Waals surface area contributed by atoms with E-state index in [1.54, 1.807) is 18.9 Å². The summed E-state index contributed by atoms with van der Waals surface area (Å²) in [5.74, 6) is 1.72. The van der Waals surface area contributed by atoms with Crippen molar-refractivity contribution in [3.63, 3.8) is 0 Å². The summed E-state index contributed by atoms with van der Waals surface area (Å²) in [5, 5.41) is 13.1. The maximum absolute atomic E-state index is 5.14. The third kappa shape index (κ3) is 4.41. The Balaban J connectivity index is 1.84. The zero-order chi connectivity index (χ0) is 17.5. The van der Waals surface area contributed by atoms with Crippen LogP contribution in [0.3, 0.4) is 0 Å². The molecule has 0 radical (unpaired) electrons. The van der Waals surface area contributed by atoms with Gasteiger partial charge in [-0.05, 0) is 30.7 Å². The topological polar surface area (TPSA) is 52.0 Å². The van der Waals surface area contributed by atoms with Crippen molar-refractivity contribution in [1.29, 1.82) is 0 Å². The van der Waals surface area contributed by atoms with Crippen molar-refractivity contribution in [3.8, 4) is 5.69 Å². The number of hydrogen-bond acceptors (Lipinski definition) is 5. The van der Waals surface area contributed by atoms with E-state index in [-0.39, 0.29) is 0 Å². The van der Waals surface area contributed by atoms with Gasteiger partial charge in [-0.1, -0.05) is 48.2 Å². The molecule has 25 heavy (non-hydrogen) atoms. The fraction of sp³-hybridized carbons (Fsp3) is 0.263. The molecule has 6 heteroatoms. The minimum Gasteiger partial charge on any atom is -0.384 e. The highest BCUT2D eigenvalue weighted by Gasteiger charge is 2.14. The molecular formula is C19H22N4OS. The zero-order valence-corrected chi connectivity index (χ0v) is 15.3. The van der Waals surface area contributed by atoms with Crippen LogP contribution in [0.5, 0.6) is 0 Å². The minimum atomic E-state index is 0.609. The first kappa shape index (κ1) is 17.5. The third-order valence-electron chi connectivity index (χ3n) is 3.82. The Hall–Kier alpha value is -2.31. The van der Waals surface area contributed by atoms with Gasteiger partial charge >= 0.3 is 0 Å². The molecule has 0 atom stereocenters. The van der Waals surface area contributed by atoms with Gasteiger partial charge in [0.2, 0.25) is 0 Å². The first-order valence-corrected chi connectivity index (χ1v) is 9.19. The summed E-state index contributed by atoms with van der Waals surface area (Å²) < 4.78 is 7.25. The van der Waals surface area contributed by atoms with Gasteiger partial charge in [0.1, 0.15) is 0 Å². The van der Waals surface area contributed by atoms with Gasteiger partial charge in [-0.15, -0.1) is 10.2 Å². The lowest BCUT2D eigenvalue weighted by molar-refractivity contribution is 0.218. The van der Waals surface area contributed by atoms with Gasteiger partial charge in [0, 0.05) is 24.2 Å². The highest BCUT2D eigenvalue weighted by atomic mass is 32.2. The van der Waals surface area contributed by atoms with Gasteiger partial charge in [0.15, 0.2) is 11.0 Å². The molecule has 0 spiro atoms. The highest BCUT2D eigenvalue weighted by Crippen LogP contribution is 2.23. The Bertz CT molecular complexity index is 804. The molecule has 0 amide bonds. The Labute approximate surface area is 152 Å². The summed E-state index contributed by atoms with van der Waals surface area (Å²) in [6.07, 6.45) is 0. The molecular weight excluding hydrogens is 332 g/mol. The van der Waals surface area contributed by atoms with Crippen molar-refractivity contribution in [1.82, 2.24) is 14.8 Å². The molecule has 0 fully saturated rings. The molecule has 1 N–H and O–H groups in total. The molecule has 2 aromatic carbocycles. The molecule has 0 aliphatic rings. The van der Waals surface area contributed by atoms with Gasteiger partial charge in [-0.25, -0.2) is 0 Å². The van der Waals surface area contributed by atoms with E-state index in [0.717, 1.165) is 28.1 Å². The standard InChI is InChI=1S/C19H22N4OS/c1-15-8-6-7-11-17(15)20-14-18-21-22-19(25-13-12-24-2)23(18)16-9-4-3-5-10-16/h3-11,20H,12-14H2,1-2H3. The minimum absolute atomic E-state index is 0.609. The van der Waals surface area contributed by atoms with E-state index in [1.165, 1.54) is 5.56 Å². The second kappa shape index (κ2) is 8.69. The molecule has 5 nitrogen and oxygen atoms in total. The molecule has 130 valence electrons. The average molecular weight is 354 g/mol. The lowest BCUT2D eigenvalue weighted by atomic mass is 10.2. The Morgan fingerprint density at radius 1 is 1.04 bits per heavy atom. The number of rotatable bonds is 8. The summed E-state index contributed by atoms with van der Waals surface area (Å²) in [6, 6.07) is 18.4. The number of nitrogens with one attached hydrogen (secondary N) is 1. The van der Waals surface area contributed by atoms with Crippen molar-refractivity contribution in [3.05, 3.63) is 66.0 Å². The molecule has 0 bridgehead atoms. The van der Waals surface area contributed by atoms with E-state index in [4.69, 9.17) is 4.74 Å². The Kier molecular flexibility index (Phi) is 6.09. The number of hydrogen-bond donors (Lipinski definition) is 1. The van der Waals surface area contributed by atoms with Crippen LogP contribution in [0, 0.1) is 6.92 Å². The fourth-order valence-corrected chi connectivity index (χ4v) is 3.38. The van der Waals surface area contributed by atoms with Gasteiger partial charge in [-0.2, -0.15) is 0 Å². The van der Waals surface area contributed by atoms with Crippen LogP contribution in [0.4, 0.5) is 5.69 Å². The van der Waals surface area contributed by atoms with Gasteiger partial charge in [0.05, 0.1) is 13.2 Å². The van der Waals surface area contributed by atoms with E-state index in [0.29, 0.717) is 13.2 Å². The lowest BCUT2D eigenvalue weighted by Gasteiger charge is -2.12. The molecule has 3 aromatic rings. The predicted octanol–water partition coefficient (Wildman–Crippen LogP) is 3.93. The monoisotopic (exact) mass is 354 g/mol. The van der Waals surface area contributed by atoms with Crippen molar-refractivity contribution < 1.29 is 4.74 Å². The summed E-state index contributed by atoms with van der Waals surface area (Å²) in [5.41, 5.74) is 3.38. The van der Waals surface area contributed by atoms with Crippen molar-refractivity contribution >= 4 is 17.4 Å². The number of ether oxygens (including phenoxy) is 1. The molecule has 0 saturated heterocycles. The van der Waals surface area contributed by atoms with Crippen LogP contribution in [0.25, 0.3) is 5.69 Å². The number of anilines is 1. The molecule has 0 saturated carbocycles. The van der Waals surface area contributed by atoms with E-state index < -0.39 is 0 Å². The number of nitrogens with zero attached hydrogens (tertiary/aromatic N) is 3. The predicted molar refractivity (Wildman–Crippen MR) is 102 cm³/mol. The normalized spacial score (nSPS) is 10.8. The van der Waals surface area contributed by atoms with E-state index >= 15 is 0 Å². The molecule has 1 aromatic heterocycles. The van der Waals surface area contributed by atoms with Gasteiger partial charge in [0.25, 0.3) is 0 Å². The third-order valence-corrected chi connectivity index (χ3v) is 4.71. The summed E-state index contributed by atoms with van der Waals surface area (Å²) >= 11 is 1.65. The average Bonchev–Trinajstić information content (AvgIpc) is 3.05. The largest absolute Gasteiger partial charge is 0.384 e. The quantitative estimate of drug-likeness (QED) is 0.491. The summed E-state index contributed by atoms with van der Waals surface area (Å²) in [6.45, 7) is 3.39. The highest BCUT2D eigenvalue weighted by molar-refractivity contribution is 7.99. The second-order valence-electron chi connectivity index (χ2n) is 5.58. The van der Waals surface area contributed by atoms with Crippen molar-refractivity contribution in [2.24, 2.45) is 0 Å². The van der Waals surface area contributed by atoms with Crippen LogP contribution >= 0.6 is 11.8 Å². The first-order valence-electron chi connectivity index (χ1n) is 8.20. The molecule has 3 rings (SSSR count). The fourth-order valence-electron chi connectivity index (χ4n) is 2.51. The number of para-hydroxylation sites is 2. The molecule has 0 aliphatic carbocycles. The number of methoxy groups -OCH3 is 1. The summed E-state index contributed by atoms with van der Waals surface area (Å²) in [4.78, 5) is 0. The van der Waals surface area contributed by atoms with E-state index in [1.807, 2.05) is 30.3 Å². The SMILES string of the molecule is COCCSc1nnc(CNc2ccccc2C)n1-c1ccccc1. The van der Waals surface area contributed by atoms with Crippen LogP contribution < -0.4 is 5.32 Å². The van der Waals surface area contributed by atoms with Crippen LogP contribution in [0.15, 0.2) is 59.8 Å². The Morgan fingerprint density at radius 3 is 2.56 bits per heavy atom. The molecule has 1 heterocycles. The lowest BCUT2D eigenvalue weighted by Crippen LogP contribution is -2.09. The number of thioether (sulfide) groups is 1. The van der Waals surface area contributed by atoms with Crippen molar-refractivity contribution in [2.45, 2.75) is 18.6 Å².